The fourth-order valence-corrected chi connectivity index (χ4v) is 3.88. The number of aryl methyl sites for hydroxylation is 2. The van der Waals surface area contributed by atoms with Crippen LogP contribution in [0.5, 0.6) is 0 Å². The van der Waals surface area contributed by atoms with Gasteiger partial charge in [0.1, 0.15) is 6.10 Å². The first kappa shape index (κ1) is 17.9. The molecule has 2 aromatic heterocycles. The number of hydrogen-bond acceptors (Lipinski definition) is 4. The van der Waals surface area contributed by atoms with Crippen molar-refractivity contribution in [1.29, 1.82) is 0 Å². The van der Waals surface area contributed by atoms with E-state index in [0.29, 0.717) is 6.61 Å². The van der Waals surface area contributed by atoms with Gasteiger partial charge in [0.25, 0.3) is 0 Å². The van der Waals surface area contributed by atoms with Gasteiger partial charge in [-0.15, -0.1) is 11.3 Å². The van der Waals surface area contributed by atoms with Crippen LogP contribution in [0, 0.1) is 6.92 Å². The molecule has 3 aromatic rings. The van der Waals surface area contributed by atoms with E-state index in [0.717, 1.165) is 18.8 Å². The molecule has 1 unspecified atom stereocenters. The molecule has 0 aliphatic carbocycles. The average Bonchev–Trinajstić information content (AvgIpc) is 3.21. The van der Waals surface area contributed by atoms with Gasteiger partial charge in [-0.05, 0) is 42.6 Å². The minimum absolute atomic E-state index is 0.0578. The predicted molar refractivity (Wildman–Crippen MR) is 103 cm³/mol. The van der Waals surface area contributed by atoms with Crippen LogP contribution in [0.2, 0.25) is 0 Å². The highest BCUT2D eigenvalue weighted by Gasteiger charge is 2.21. The summed E-state index contributed by atoms with van der Waals surface area (Å²) in [4.78, 5) is 3.55. The van der Waals surface area contributed by atoms with E-state index in [1.165, 1.54) is 16.0 Å². The highest BCUT2D eigenvalue weighted by atomic mass is 32.1. The molecule has 0 fully saturated rings. The summed E-state index contributed by atoms with van der Waals surface area (Å²) < 4.78 is 8.21. The van der Waals surface area contributed by atoms with Crippen LogP contribution in [0.1, 0.15) is 27.8 Å². The first-order valence-electron chi connectivity index (χ1n) is 8.51. The molecular weight excluding hydrogens is 330 g/mol. The molecule has 0 spiro atoms. The normalized spacial score (nSPS) is 12.6. The minimum Gasteiger partial charge on any atom is -0.365 e. The number of rotatable bonds is 8. The Hall–Kier alpha value is -1.95. The summed E-state index contributed by atoms with van der Waals surface area (Å²) in [5.41, 5.74) is 3.69. The minimum atomic E-state index is -0.0578. The zero-order chi connectivity index (χ0) is 17.6. The third kappa shape index (κ3) is 4.57. The van der Waals surface area contributed by atoms with Crippen molar-refractivity contribution in [2.75, 3.05) is 20.2 Å². The van der Waals surface area contributed by atoms with E-state index in [-0.39, 0.29) is 6.10 Å². The fourth-order valence-electron chi connectivity index (χ4n) is 2.89. The number of aromatic nitrogens is 2. The summed E-state index contributed by atoms with van der Waals surface area (Å²) in [6.45, 7) is 4.63. The molecule has 0 saturated carbocycles. The van der Waals surface area contributed by atoms with E-state index < -0.39 is 0 Å². The molecule has 0 amide bonds. The maximum absolute atomic E-state index is 6.31. The molecule has 0 saturated heterocycles. The topological polar surface area (TPSA) is 30.3 Å². The molecule has 4 nitrogen and oxygen atoms in total. The van der Waals surface area contributed by atoms with Gasteiger partial charge in [-0.3, -0.25) is 9.58 Å². The SMILES string of the molecule is Cc1ccsc1C(OCCN(C)Cc1ccccc1)c1ccnn1C. The molecular formula is C20H25N3OS. The molecule has 5 heteroatoms. The van der Waals surface area contributed by atoms with Gasteiger partial charge in [0.2, 0.25) is 0 Å². The van der Waals surface area contributed by atoms with Gasteiger partial charge >= 0.3 is 0 Å². The van der Waals surface area contributed by atoms with Crippen molar-refractivity contribution >= 4 is 11.3 Å². The van der Waals surface area contributed by atoms with Gasteiger partial charge in [0, 0.05) is 31.2 Å². The second-order valence-electron chi connectivity index (χ2n) is 6.32. The Balaban J connectivity index is 1.62. The van der Waals surface area contributed by atoms with Crippen LogP contribution in [0.25, 0.3) is 0 Å². The van der Waals surface area contributed by atoms with Gasteiger partial charge in [0.15, 0.2) is 0 Å². The van der Waals surface area contributed by atoms with Gasteiger partial charge < -0.3 is 4.74 Å². The number of nitrogens with zero attached hydrogens (tertiary/aromatic N) is 3. The van der Waals surface area contributed by atoms with Crippen molar-refractivity contribution in [1.82, 2.24) is 14.7 Å². The quantitative estimate of drug-likeness (QED) is 0.611. The van der Waals surface area contributed by atoms with Crippen molar-refractivity contribution in [3.63, 3.8) is 0 Å². The number of likely N-dealkylation sites (N-methyl/N-ethyl adjacent to an activating group) is 1. The van der Waals surface area contributed by atoms with E-state index in [4.69, 9.17) is 4.74 Å². The number of benzene rings is 1. The first-order valence-corrected chi connectivity index (χ1v) is 9.39. The third-order valence-electron chi connectivity index (χ3n) is 4.32. The summed E-state index contributed by atoms with van der Waals surface area (Å²) in [5.74, 6) is 0. The van der Waals surface area contributed by atoms with E-state index >= 15 is 0 Å². The van der Waals surface area contributed by atoms with E-state index in [1.807, 2.05) is 24.0 Å². The smallest absolute Gasteiger partial charge is 0.134 e. The van der Waals surface area contributed by atoms with Crippen LogP contribution < -0.4 is 0 Å². The Kier molecular flexibility index (Phi) is 6.02. The molecule has 25 heavy (non-hydrogen) atoms. The van der Waals surface area contributed by atoms with Crippen molar-refractivity contribution in [3.05, 3.63) is 75.7 Å². The van der Waals surface area contributed by atoms with Crippen molar-refractivity contribution < 1.29 is 4.74 Å². The zero-order valence-corrected chi connectivity index (χ0v) is 15.9. The van der Waals surface area contributed by atoms with Gasteiger partial charge in [-0.25, -0.2) is 0 Å². The second-order valence-corrected chi connectivity index (χ2v) is 7.27. The number of hydrogen-bond donors (Lipinski definition) is 0. The lowest BCUT2D eigenvalue weighted by Gasteiger charge is -2.21. The molecule has 0 N–H and O–H groups in total. The lowest BCUT2D eigenvalue weighted by atomic mass is 10.1. The monoisotopic (exact) mass is 355 g/mol. The summed E-state index contributed by atoms with van der Waals surface area (Å²) in [5, 5.41) is 6.43. The lowest BCUT2D eigenvalue weighted by Crippen LogP contribution is -2.24. The summed E-state index contributed by atoms with van der Waals surface area (Å²) in [7, 11) is 4.10. The Bertz CT molecular complexity index is 741. The molecule has 0 bridgehead atoms. The Morgan fingerprint density at radius 3 is 2.64 bits per heavy atom. The van der Waals surface area contributed by atoms with E-state index in [2.05, 4.69) is 65.7 Å². The van der Waals surface area contributed by atoms with Crippen molar-refractivity contribution in [3.8, 4) is 0 Å². The van der Waals surface area contributed by atoms with Gasteiger partial charge in [-0.1, -0.05) is 30.3 Å². The maximum atomic E-state index is 6.31. The molecule has 2 heterocycles. The van der Waals surface area contributed by atoms with Gasteiger partial charge in [0.05, 0.1) is 12.3 Å². The third-order valence-corrected chi connectivity index (χ3v) is 5.38. The second kappa shape index (κ2) is 8.43. The number of thiophene rings is 1. The zero-order valence-electron chi connectivity index (χ0n) is 15.1. The first-order chi connectivity index (χ1) is 12.1. The molecule has 0 aliphatic rings. The molecule has 0 aliphatic heterocycles. The highest BCUT2D eigenvalue weighted by molar-refractivity contribution is 7.10. The molecule has 1 atom stereocenters. The van der Waals surface area contributed by atoms with E-state index in [9.17, 15) is 0 Å². The fraction of sp³-hybridized carbons (Fsp3) is 0.350. The molecule has 132 valence electrons. The van der Waals surface area contributed by atoms with E-state index in [1.54, 1.807) is 11.3 Å². The number of ether oxygens (including phenoxy) is 1. The van der Waals surface area contributed by atoms with Gasteiger partial charge in [-0.2, -0.15) is 5.10 Å². The van der Waals surface area contributed by atoms with Crippen LogP contribution in [-0.4, -0.2) is 34.9 Å². The summed E-state index contributed by atoms with van der Waals surface area (Å²) in [6, 6.07) is 14.7. The Labute approximate surface area is 153 Å². The summed E-state index contributed by atoms with van der Waals surface area (Å²) >= 11 is 1.75. The Morgan fingerprint density at radius 2 is 2.00 bits per heavy atom. The standard InChI is InChI=1S/C20H25N3OS/c1-16-10-14-25-20(16)19(18-9-11-21-23(18)3)24-13-12-22(2)15-17-7-5-4-6-8-17/h4-11,14,19H,12-13,15H2,1-3H3. The van der Waals surface area contributed by atoms with Crippen LogP contribution in [-0.2, 0) is 18.3 Å². The predicted octanol–water partition coefficient (Wildman–Crippen LogP) is 4.03. The highest BCUT2D eigenvalue weighted by Crippen LogP contribution is 2.32. The molecule has 0 radical (unpaired) electrons. The lowest BCUT2D eigenvalue weighted by molar-refractivity contribution is 0.0606. The van der Waals surface area contributed by atoms with Crippen LogP contribution in [0.3, 0.4) is 0 Å². The Morgan fingerprint density at radius 1 is 1.20 bits per heavy atom. The summed E-state index contributed by atoms with van der Waals surface area (Å²) in [6.07, 6.45) is 1.77. The van der Waals surface area contributed by atoms with Crippen molar-refractivity contribution in [2.24, 2.45) is 7.05 Å². The largest absolute Gasteiger partial charge is 0.365 e. The van der Waals surface area contributed by atoms with Crippen LogP contribution in [0.4, 0.5) is 0 Å². The van der Waals surface area contributed by atoms with Crippen molar-refractivity contribution in [2.45, 2.75) is 19.6 Å². The van der Waals surface area contributed by atoms with Crippen LogP contribution in [0.15, 0.2) is 54.0 Å². The average molecular weight is 356 g/mol. The maximum Gasteiger partial charge on any atom is 0.134 e. The molecule has 1 aromatic carbocycles. The molecule has 3 rings (SSSR count). The van der Waals surface area contributed by atoms with Crippen LogP contribution >= 0.6 is 11.3 Å².